The van der Waals surface area contributed by atoms with Crippen molar-refractivity contribution in [2.45, 2.75) is 32.9 Å². The van der Waals surface area contributed by atoms with Gasteiger partial charge in [-0.1, -0.05) is 25.1 Å². The fraction of sp³-hybridized carbons (Fsp3) is 0.391. The van der Waals surface area contributed by atoms with E-state index in [0.29, 0.717) is 23.6 Å². The Balaban J connectivity index is 1.59. The highest BCUT2D eigenvalue weighted by Crippen LogP contribution is 2.36. The smallest absolute Gasteiger partial charge is 0.172 e. The van der Waals surface area contributed by atoms with E-state index in [1.807, 2.05) is 18.2 Å². The minimum atomic E-state index is -0.951. The molecule has 1 atom stereocenters. The number of aromatic nitrogens is 1. The molecule has 0 saturated heterocycles. The summed E-state index contributed by atoms with van der Waals surface area (Å²) in [4.78, 5) is 6.43. The Labute approximate surface area is 181 Å². The van der Waals surface area contributed by atoms with Crippen molar-refractivity contribution >= 4 is 28.1 Å². The topological polar surface area (TPSA) is 106 Å². The number of aryl methyl sites for hydroxylation is 1. The maximum absolute atomic E-state index is 10.8. The Kier molecular flexibility index (Phi) is 6.50. The Morgan fingerprint density at radius 3 is 2.84 bits per heavy atom. The number of nitrogens with zero attached hydrogens (tertiary/aromatic N) is 3. The van der Waals surface area contributed by atoms with Gasteiger partial charge in [-0.2, -0.15) is 0 Å². The van der Waals surface area contributed by atoms with Gasteiger partial charge in [0, 0.05) is 35.9 Å². The summed E-state index contributed by atoms with van der Waals surface area (Å²) in [6, 6.07) is 7.83. The van der Waals surface area contributed by atoms with E-state index in [0.717, 1.165) is 60.4 Å². The van der Waals surface area contributed by atoms with Crippen LogP contribution in [0, 0.1) is 0 Å². The molecule has 0 bridgehead atoms. The number of furan rings is 1. The van der Waals surface area contributed by atoms with Crippen LogP contribution < -0.4 is 10.6 Å². The minimum Gasteiger partial charge on any atom is -0.453 e. The molecule has 1 unspecified atom stereocenters. The monoisotopic (exact) mass is 423 g/mol. The van der Waals surface area contributed by atoms with Gasteiger partial charge in [-0.15, -0.1) is 0 Å². The number of nitrogens with one attached hydrogen (secondary N) is 2. The third-order valence-electron chi connectivity index (χ3n) is 5.87. The van der Waals surface area contributed by atoms with Crippen LogP contribution in [0.2, 0.25) is 0 Å². The van der Waals surface area contributed by atoms with E-state index in [1.54, 1.807) is 12.4 Å². The van der Waals surface area contributed by atoms with Gasteiger partial charge < -0.3 is 24.9 Å². The van der Waals surface area contributed by atoms with Crippen LogP contribution in [-0.2, 0) is 6.42 Å². The lowest BCUT2D eigenvalue weighted by Crippen LogP contribution is -2.33. The fourth-order valence-corrected chi connectivity index (χ4v) is 4.08. The second-order valence-electron chi connectivity index (χ2n) is 7.64. The molecule has 2 heterocycles. The van der Waals surface area contributed by atoms with Crippen molar-refractivity contribution in [3.8, 4) is 0 Å². The average molecular weight is 424 g/mol. The van der Waals surface area contributed by atoms with E-state index in [2.05, 4.69) is 45.6 Å². The van der Waals surface area contributed by atoms with Crippen molar-refractivity contribution in [1.82, 2.24) is 15.2 Å². The van der Waals surface area contributed by atoms with Gasteiger partial charge in [-0.25, -0.2) is 0 Å². The molecule has 31 heavy (non-hydrogen) atoms. The van der Waals surface area contributed by atoms with Crippen molar-refractivity contribution < 1.29 is 14.7 Å². The van der Waals surface area contributed by atoms with Crippen LogP contribution in [-0.4, -0.2) is 52.1 Å². The molecule has 8 nitrogen and oxygen atoms in total. The maximum Gasteiger partial charge on any atom is 0.172 e. The number of fused-ring (bicyclic) bond motifs is 2. The zero-order chi connectivity index (χ0) is 21.8. The van der Waals surface area contributed by atoms with Crippen LogP contribution in [0.25, 0.3) is 11.0 Å². The van der Waals surface area contributed by atoms with Gasteiger partial charge in [0.15, 0.2) is 17.6 Å². The van der Waals surface area contributed by atoms with Crippen LogP contribution in [0.15, 0.2) is 46.2 Å². The molecule has 0 saturated carbocycles. The first-order valence-electron chi connectivity index (χ1n) is 10.8. The summed E-state index contributed by atoms with van der Waals surface area (Å²) in [5.74, 6) is 0.431. The Hall–Kier alpha value is -2.94. The molecule has 0 amide bonds. The number of oxime groups is 1. The lowest BCUT2D eigenvalue weighted by Gasteiger charge is -2.20. The van der Waals surface area contributed by atoms with E-state index in [1.165, 1.54) is 0 Å². The van der Waals surface area contributed by atoms with Gasteiger partial charge in [-0.3, -0.25) is 10.3 Å². The molecule has 2 aromatic heterocycles. The molecule has 0 aliphatic heterocycles. The van der Waals surface area contributed by atoms with Gasteiger partial charge in [0.1, 0.15) is 0 Å². The van der Waals surface area contributed by atoms with Gasteiger partial charge in [-0.05, 0) is 49.7 Å². The zero-order valence-electron chi connectivity index (χ0n) is 17.9. The average Bonchev–Trinajstić information content (AvgIpc) is 3.38. The summed E-state index contributed by atoms with van der Waals surface area (Å²) in [6.45, 7) is 7.67. The Morgan fingerprint density at radius 1 is 1.23 bits per heavy atom. The van der Waals surface area contributed by atoms with Crippen LogP contribution in [0.4, 0.5) is 11.4 Å². The molecule has 1 aliphatic rings. The number of anilines is 2. The summed E-state index contributed by atoms with van der Waals surface area (Å²) in [6.07, 6.45) is 3.98. The number of rotatable bonds is 9. The summed E-state index contributed by atoms with van der Waals surface area (Å²) < 4.78 is 5.97. The summed E-state index contributed by atoms with van der Waals surface area (Å²) in [5, 5.41) is 30.8. The highest BCUT2D eigenvalue weighted by Gasteiger charge is 2.23. The molecule has 1 aliphatic carbocycles. The quantitative estimate of drug-likeness (QED) is 0.237. The van der Waals surface area contributed by atoms with Crippen LogP contribution in [0.5, 0.6) is 0 Å². The first-order valence-corrected chi connectivity index (χ1v) is 10.8. The minimum absolute atomic E-state index is 0.431. The molecule has 164 valence electrons. The highest BCUT2D eigenvalue weighted by molar-refractivity contribution is 6.04. The molecule has 0 fully saturated rings. The number of pyridine rings is 1. The van der Waals surface area contributed by atoms with Crippen LogP contribution in [0.1, 0.15) is 43.4 Å². The number of hydrogen-bond donors (Lipinski definition) is 4. The Bertz CT molecular complexity index is 1070. The second-order valence-corrected chi connectivity index (χ2v) is 7.64. The summed E-state index contributed by atoms with van der Waals surface area (Å²) >= 11 is 0. The molecule has 1 aromatic carbocycles. The predicted molar refractivity (Wildman–Crippen MR) is 121 cm³/mol. The molecular weight excluding hydrogens is 394 g/mol. The van der Waals surface area contributed by atoms with E-state index in [9.17, 15) is 5.11 Å². The van der Waals surface area contributed by atoms with Gasteiger partial charge in [0.25, 0.3) is 0 Å². The van der Waals surface area contributed by atoms with Crippen LogP contribution in [0.3, 0.4) is 0 Å². The number of likely N-dealkylation sites (N-methyl/N-ethyl adjacent to an activating group) is 1. The lowest BCUT2D eigenvalue weighted by molar-refractivity contribution is 0.112. The highest BCUT2D eigenvalue weighted by atomic mass is 16.4. The third kappa shape index (κ3) is 4.41. The molecule has 8 heteroatoms. The van der Waals surface area contributed by atoms with Crippen molar-refractivity contribution in [2.75, 3.05) is 31.5 Å². The van der Waals surface area contributed by atoms with Crippen molar-refractivity contribution in [1.29, 1.82) is 0 Å². The van der Waals surface area contributed by atoms with Crippen molar-refractivity contribution in [3.63, 3.8) is 0 Å². The summed E-state index contributed by atoms with van der Waals surface area (Å²) in [5.41, 5.74) is 5.04. The van der Waals surface area contributed by atoms with E-state index in [4.69, 9.17) is 9.62 Å². The second kappa shape index (κ2) is 9.47. The third-order valence-corrected chi connectivity index (χ3v) is 5.87. The van der Waals surface area contributed by atoms with E-state index >= 15 is 0 Å². The van der Waals surface area contributed by atoms with E-state index < -0.39 is 6.23 Å². The summed E-state index contributed by atoms with van der Waals surface area (Å²) in [7, 11) is 0. The molecule has 0 radical (unpaired) electrons. The van der Waals surface area contributed by atoms with Crippen molar-refractivity contribution in [2.24, 2.45) is 5.16 Å². The molecule has 0 spiro atoms. The number of aliphatic hydroxyl groups excluding tert-OH is 1. The van der Waals surface area contributed by atoms with Gasteiger partial charge in [0.2, 0.25) is 0 Å². The maximum atomic E-state index is 10.8. The molecule has 4 rings (SSSR count). The number of aliphatic hydroxyl groups is 1. The first-order chi connectivity index (χ1) is 15.1. The lowest BCUT2D eigenvalue weighted by atomic mass is 10.1. The zero-order valence-corrected chi connectivity index (χ0v) is 17.9. The first kappa shape index (κ1) is 21.3. The Morgan fingerprint density at radius 2 is 2.06 bits per heavy atom. The molecular formula is C23H29N5O3. The number of benzene rings is 1. The molecule has 3 aromatic rings. The SMILES string of the molecule is CCN(CC)CCNC(O)c1oc2cnccc2c1Nc1ccc2c(c1)CC/C2=N\O. The van der Waals surface area contributed by atoms with E-state index in [-0.39, 0.29) is 0 Å². The normalized spacial score (nSPS) is 15.7. The predicted octanol–water partition coefficient (Wildman–Crippen LogP) is 3.62. The standard InChI is InChI=1S/C23H29N5O3/c1-3-28(4-2)12-11-25-23(29)22-21(18-9-10-24-14-20(18)31-22)26-16-6-7-17-15(13-16)5-8-19(17)27-30/h6-7,9-10,13-14,23,25-26,29-30H,3-5,8,11-12H2,1-2H3/b27-19+. The van der Waals surface area contributed by atoms with Crippen LogP contribution >= 0.6 is 0 Å². The molecule has 4 N–H and O–H groups in total. The van der Waals surface area contributed by atoms with Crippen molar-refractivity contribution in [3.05, 3.63) is 53.5 Å². The number of hydrogen-bond acceptors (Lipinski definition) is 8. The fourth-order valence-electron chi connectivity index (χ4n) is 4.08. The van der Waals surface area contributed by atoms with Gasteiger partial charge in [0.05, 0.1) is 17.6 Å². The van der Waals surface area contributed by atoms with Gasteiger partial charge >= 0.3 is 0 Å². The largest absolute Gasteiger partial charge is 0.453 e.